The number of carbonyl (C=O) groups is 1. The molecule has 18 heavy (non-hydrogen) atoms. The van der Waals surface area contributed by atoms with E-state index in [0.29, 0.717) is 0 Å². The first-order valence-electron chi connectivity index (χ1n) is 5.79. The van der Waals surface area contributed by atoms with E-state index >= 15 is 0 Å². The largest absolute Gasteiger partial charge is 0.444 e. The molecule has 1 N–H and O–H groups in total. The van der Waals surface area contributed by atoms with E-state index in [0.717, 1.165) is 16.8 Å². The van der Waals surface area contributed by atoms with Gasteiger partial charge in [-0.15, -0.1) is 0 Å². The van der Waals surface area contributed by atoms with E-state index in [-0.39, 0.29) is 6.61 Å². The van der Waals surface area contributed by atoms with E-state index in [1.165, 1.54) is 0 Å². The summed E-state index contributed by atoms with van der Waals surface area (Å²) in [7, 11) is 0. The monoisotopic (exact) mass is 241 g/mol. The van der Waals surface area contributed by atoms with Gasteiger partial charge in [-0.3, -0.25) is 5.32 Å². The van der Waals surface area contributed by atoms with Gasteiger partial charge in [-0.25, -0.2) is 4.79 Å². The Kier molecular flexibility index (Phi) is 3.97. The highest BCUT2D eigenvalue weighted by atomic mass is 16.5. The lowest BCUT2D eigenvalue weighted by molar-refractivity contribution is 0.155. The van der Waals surface area contributed by atoms with Crippen molar-refractivity contribution in [3.63, 3.8) is 0 Å². The zero-order chi connectivity index (χ0) is 12.8. The van der Waals surface area contributed by atoms with Gasteiger partial charge in [-0.05, 0) is 30.2 Å². The Labute approximate surface area is 106 Å². The summed E-state index contributed by atoms with van der Waals surface area (Å²) in [5.74, 6) is 0. The molecular formula is C15H15NO2. The highest BCUT2D eigenvalue weighted by Crippen LogP contribution is 2.10. The zero-order valence-electron chi connectivity index (χ0n) is 10.2. The minimum Gasteiger partial charge on any atom is -0.444 e. The van der Waals surface area contributed by atoms with Gasteiger partial charge in [0, 0.05) is 5.69 Å². The van der Waals surface area contributed by atoms with E-state index in [9.17, 15) is 4.79 Å². The number of rotatable bonds is 3. The molecule has 0 aliphatic carbocycles. The van der Waals surface area contributed by atoms with Gasteiger partial charge in [-0.2, -0.15) is 0 Å². The van der Waals surface area contributed by atoms with Gasteiger partial charge in [0.05, 0.1) is 0 Å². The van der Waals surface area contributed by atoms with Crippen molar-refractivity contribution in [1.82, 2.24) is 0 Å². The molecule has 0 fully saturated rings. The average Bonchev–Trinajstić information content (AvgIpc) is 2.39. The fourth-order valence-electron chi connectivity index (χ4n) is 1.59. The lowest BCUT2D eigenvalue weighted by Crippen LogP contribution is -2.13. The van der Waals surface area contributed by atoms with Crippen molar-refractivity contribution in [2.24, 2.45) is 0 Å². The van der Waals surface area contributed by atoms with Gasteiger partial charge >= 0.3 is 6.09 Å². The maximum Gasteiger partial charge on any atom is 0.411 e. The number of aryl methyl sites for hydroxylation is 1. The molecule has 0 aromatic heterocycles. The average molecular weight is 241 g/mol. The summed E-state index contributed by atoms with van der Waals surface area (Å²) in [6.45, 7) is 2.28. The maximum absolute atomic E-state index is 11.6. The predicted molar refractivity (Wildman–Crippen MR) is 71.4 cm³/mol. The molecule has 0 spiro atoms. The molecule has 0 unspecified atom stereocenters. The molecule has 2 aromatic carbocycles. The highest BCUT2D eigenvalue weighted by molar-refractivity contribution is 5.84. The van der Waals surface area contributed by atoms with Gasteiger partial charge in [0.25, 0.3) is 0 Å². The molecule has 3 heteroatoms. The van der Waals surface area contributed by atoms with E-state index in [1.54, 1.807) is 0 Å². The van der Waals surface area contributed by atoms with Crippen molar-refractivity contribution in [2.75, 3.05) is 5.32 Å². The van der Waals surface area contributed by atoms with Gasteiger partial charge in [-0.1, -0.05) is 42.5 Å². The van der Waals surface area contributed by atoms with Gasteiger partial charge in [0.15, 0.2) is 0 Å². The van der Waals surface area contributed by atoms with Crippen LogP contribution in [0.1, 0.15) is 11.1 Å². The Balaban J connectivity index is 1.88. The quantitative estimate of drug-likeness (QED) is 0.888. The van der Waals surface area contributed by atoms with E-state index < -0.39 is 6.09 Å². The summed E-state index contributed by atoms with van der Waals surface area (Å²) in [5.41, 5.74) is 2.86. The van der Waals surface area contributed by atoms with Crippen molar-refractivity contribution in [1.29, 1.82) is 0 Å². The molecule has 92 valence electrons. The Morgan fingerprint density at radius 1 is 1.06 bits per heavy atom. The van der Waals surface area contributed by atoms with Crippen molar-refractivity contribution in [3.8, 4) is 0 Å². The number of hydrogen-bond acceptors (Lipinski definition) is 2. The number of carbonyl (C=O) groups excluding carboxylic acids is 1. The first kappa shape index (κ1) is 12.2. The molecule has 0 saturated carbocycles. The van der Waals surface area contributed by atoms with Gasteiger partial charge in [0.2, 0.25) is 0 Å². The minimum atomic E-state index is -0.440. The van der Waals surface area contributed by atoms with E-state index in [1.807, 2.05) is 61.5 Å². The fraction of sp³-hybridized carbons (Fsp3) is 0.133. The number of amides is 1. The van der Waals surface area contributed by atoms with Crippen molar-refractivity contribution < 1.29 is 9.53 Å². The second-order valence-electron chi connectivity index (χ2n) is 3.99. The summed E-state index contributed by atoms with van der Waals surface area (Å²) in [6.07, 6.45) is -0.440. The summed E-state index contributed by atoms with van der Waals surface area (Å²) in [4.78, 5) is 11.6. The van der Waals surface area contributed by atoms with Crippen LogP contribution >= 0.6 is 0 Å². The molecule has 0 radical (unpaired) electrons. The molecule has 1 amide bonds. The van der Waals surface area contributed by atoms with E-state index in [4.69, 9.17) is 4.74 Å². The Bertz CT molecular complexity index is 523. The van der Waals surface area contributed by atoms with Crippen molar-refractivity contribution in [2.45, 2.75) is 13.5 Å². The Morgan fingerprint density at radius 2 is 1.72 bits per heavy atom. The number of para-hydroxylation sites is 1. The lowest BCUT2D eigenvalue weighted by atomic mass is 10.1. The molecular weight excluding hydrogens is 226 g/mol. The van der Waals surface area contributed by atoms with Crippen LogP contribution < -0.4 is 5.32 Å². The first-order valence-corrected chi connectivity index (χ1v) is 5.79. The van der Waals surface area contributed by atoms with Crippen LogP contribution in [0.5, 0.6) is 0 Å². The molecule has 2 aromatic rings. The van der Waals surface area contributed by atoms with Crippen LogP contribution in [0, 0.1) is 6.92 Å². The Hall–Kier alpha value is -2.29. The molecule has 0 aliphatic heterocycles. The van der Waals surface area contributed by atoms with Crippen LogP contribution in [0.2, 0.25) is 0 Å². The molecule has 0 heterocycles. The summed E-state index contributed by atoms with van der Waals surface area (Å²) in [5, 5.41) is 2.67. The van der Waals surface area contributed by atoms with Crippen LogP contribution in [-0.4, -0.2) is 6.09 Å². The molecule has 0 aliphatic rings. The number of hydrogen-bond donors (Lipinski definition) is 1. The SMILES string of the molecule is Cc1ccccc1COC(=O)Nc1ccccc1. The molecule has 0 bridgehead atoms. The molecule has 0 saturated heterocycles. The van der Waals surface area contributed by atoms with Crippen LogP contribution in [-0.2, 0) is 11.3 Å². The van der Waals surface area contributed by atoms with E-state index in [2.05, 4.69) is 5.32 Å². The summed E-state index contributed by atoms with van der Waals surface area (Å²) >= 11 is 0. The standard InChI is InChI=1S/C15H15NO2/c1-12-7-5-6-8-13(12)11-18-15(17)16-14-9-3-2-4-10-14/h2-10H,11H2,1H3,(H,16,17). The third-order valence-corrected chi connectivity index (χ3v) is 2.64. The normalized spacial score (nSPS) is 9.83. The number of anilines is 1. The third-order valence-electron chi connectivity index (χ3n) is 2.64. The first-order chi connectivity index (χ1) is 8.75. The molecule has 3 nitrogen and oxygen atoms in total. The van der Waals surface area contributed by atoms with Crippen LogP contribution in [0.15, 0.2) is 54.6 Å². The second kappa shape index (κ2) is 5.87. The lowest BCUT2D eigenvalue weighted by Gasteiger charge is -2.08. The third kappa shape index (κ3) is 3.35. The topological polar surface area (TPSA) is 38.3 Å². The smallest absolute Gasteiger partial charge is 0.411 e. The summed E-state index contributed by atoms with van der Waals surface area (Å²) < 4.78 is 5.16. The summed E-state index contributed by atoms with van der Waals surface area (Å²) in [6, 6.07) is 17.1. The minimum absolute atomic E-state index is 0.283. The number of benzene rings is 2. The van der Waals surface area contributed by atoms with Gasteiger partial charge < -0.3 is 4.74 Å². The number of nitrogens with one attached hydrogen (secondary N) is 1. The molecule has 0 atom stereocenters. The Morgan fingerprint density at radius 3 is 2.44 bits per heavy atom. The van der Waals surface area contributed by atoms with Crippen molar-refractivity contribution >= 4 is 11.8 Å². The highest BCUT2D eigenvalue weighted by Gasteiger charge is 2.04. The second-order valence-corrected chi connectivity index (χ2v) is 3.99. The number of ether oxygens (including phenoxy) is 1. The molecule has 2 rings (SSSR count). The van der Waals surface area contributed by atoms with Crippen LogP contribution in [0.25, 0.3) is 0 Å². The van der Waals surface area contributed by atoms with Crippen molar-refractivity contribution in [3.05, 3.63) is 65.7 Å². The van der Waals surface area contributed by atoms with Crippen LogP contribution in [0.4, 0.5) is 10.5 Å². The maximum atomic E-state index is 11.6. The predicted octanol–water partition coefficient (Wildman–Crippen LogP) is 3.74. The van der Waals surface area contributed by atoms with Crippen LogP contribution in [0.3, 0.4) is 0 Å². The zero-order valence-corrected chi connectivity index (χ0v) is 10.2. The fourth-order valence-corrected chi connectivity index (χ4v) is 1.59. The van der Waals surface area contributed by atoms with Gasteiger partial charge in [0.1, 0.15) is 6.61 Å².